The fourth-order valence-electron chi connectivity index (χ4n) is 1.79. The van der Waals surface area contributed by atoms with E-state index in [1.807, 2.05) is 18.2 Å². The summed E-state index contributed by atoms with van der Waals surface area (Å²) >= 11 is 0. The molecular weight excluding hydrogens is 258 g/mol. The molecule has 3 amide bonds. The van der Waals surface area contributed by atoms with E-state index in [0.29, 0.717) is 11.6 Å². The molecule has 1 fully saturated rings. The van der Waals surface area contributed by atoms with Crippen molar-refractivity contribution in [1.82, 2.24) is 10.6 Å². The van der Waals surface area contributed by atoms with Crippen LogP contribution in [-0.2, 0) is 4.79 Å². The number of para-hydroxylation sites is 1. The maximum absolute atomic E-state index is 11.5. The predicted molar refractivity (Wildman–Crippen MR) is 75.2 cm³/mol. The Morgan fingerprint density at radius 3 is 2.55 bits per heavy atom. The summed E-state index contributed by atoms with van der Waals surface area (Å²) in [4.78, 5) is 23.0. The molecule has 0 saturated heterocycles. The van der Waals surface area contributed by atoms with Crippen LogP contribution in [0.1, 0.15) is 12.8 Å². The summed E-state index contributed by atoms with van der Waals surface area (Å²) in [6.07, 6.45) is 1.57. The van der Waals surface area contributed by atoms with Gasteiger partial charge in [-0.05, 0) is 30.9 Å². The van der Waals surface area contributed by atoms with Crippen LogP contribution in [0.4, 0.5) is 10.5 Å². The van der Waals surface area contributed by atoms with Gasteiger partial charge in [-0.25, -0.2) is 4.79 Å². The molecule has 20 heavy (non-hydrogen) atoms. The number of aliphatic hydroxyl groups excluding tert-OH is 1. The number of amides is 3. The highest BCUT2D eigenvalue weighted by molar-refractivity contribution is 5.92. The molecule has 1 aliphatic rings. The Morgan fingerprint density at radius 1 is 1.20 bits per heavy atom. The smallest absolute Gasteiger partial charge is 0.319 e. The van der Waals surface area contributed by atoms with Gasteiger partial charge in [0.15, 0.2) is 0 Å². The van der Waals surface area contributed by atoms with Gasteiger partial charge >= 0.3 is 6.03 Å². The number of nitrogens with one attached hydrogen (secondary N) is 3. The van der Waals surface area contributed by atoms with Gasteiger partial charge in [0.2, 0.25) is 5.91 Å². The monoisotopic (exact) mass is 277 g/mol. The molecule has 6 heteroatoms. The zero-order valence-electron chi connectivity index (χ0n) is 11.1. The summed E-state index contributed by atoms with van der Waals surface area (Å²) in [5.41, 5.74) is 0.662. The van der Waals surface area contributed by atoms with Crippen molar-refractivity contribution in [3.05, 3.63) is 30.3 Å². The topological polar surface area (TPSA) is 90.5 Å². The van der Waals surface area contributed by atoms with E-state index in [9.17, 15) is 14.7 Å². The van der Waals surface area contributed by atoms with E-state index in [-0.39, 0.29) is 19.0 Å². The molecule has 1 unspecified atom stereocenters. The molecule has 0 spiro atoms. The van der Waals surface area contributed by atoms with Crippen LogP contribution >= 0.6 is 0 Å². The fourth-order valence-corrected chi connectivity index (χ4v) is 1.79. The second-order valence-corrected chi connectivity index (χ2v) is 4.88. The van der Waals surface area contributed by atoms with E-state index in [0.717, 1.165) is 12.8 Å². The highest BCUT2D eigenvalue weighted by atomic mass is 16.3. The second kappa shape index (κ2) is 6.91. The highest BCUT2D eigenvalue weighted by Crippen LogP contribution is 2.32. The molecule has 0 radical (unpaired) electrons. The molecular formula is C14H19N3O3. The summed E-state index contributed by atoms with van der Waals surface area (Å²) in [6.45, 7) is 0.127. The molecule has 1 aliphatic carbocycles. The Balaban J connectivity index is 1.61. The second-order valence-electron chi connectivity index (χ2n) is 4.88. The van der Waals surface area contributed by atoms with Crippen LogP contribution in [0.25, 0.3) is 0 Å². The van der Waals surface area contributed by atoms with E-state index < -0.39 is 12.1 Å². The molecule has 1 atom stereocenters. The van der Waals surface area contributed by atoms with Crippen LogP contribution in [0.5, 0.6) is 0 Å². The molecule has 0 bridgehead atoms. The van der Waals surface area contributed by atoms with E-state index in [1.165, 1.54) is 0 Å². The van der Waals surface area contributed by atoms with E-state index in [4.69, 9.17) is 0 Å². The van der Waals surface area contributed by atoms with Gasteiger partial charge in [-0.15, -0.1) is 0 Å². The Morgan fingerprint density at radius 2 is 1.90 bits per heavy atom. The number of carbonyl (C=O) groups is 2. The van der Waals surface area contributed by atoms with Crippen LogP contribution < -0.4 is 16.0 Å². The maximum Gasteiger partial charge on any atom is 0.319 e. The van der Waals surface area contributed by atoms with E-state index in [2.05, 4.69) is 16.0 Å². The fraction of sp³-hybridized carbons (Fsp3) is 0.429. The maximum atomic E-state index is 11.5. The number of hydrogen-bond acceptors (Lipinski definition) is 3. The number of aliphatic hydroxyl groups is 1. The zero-order valence-corrected chi connectivity index (χ0v) is 11.1. The zero-order chi connectivity index (χ0) is 14.4. The summed E-state index contributed by atoms with van der Waals surface area (Å²) in [5, 5.41) is 17.3. The molecule has 1 aromatic carbocycles. The van der Waals surface area contributed by atoms with Crippen LogP contribution in [0.2, 0.25) is 0 Å². The number of carbonyl (C=O) groups excluding carboxylic acids is 2. The van der Waals surface area contributed by atoms with Crippen molar-refractivity contribution in [2.75, 3.05) is 18.4 Å². The van der Waals surface area contributed by atoms with Crippen molar-refractivity contribution >= 4 is 17.6 Å². The first-order valence-electron chi connectivity index (χ1n) is 6.70. The minimum atomic E-state index is -0.475. The first kappa shape index (κ1) is 14.3. The Kier molecular flexibility index (Phi) is 4.95. The van der Waals surface area contributed by atoms with Crippen molar-refractivity contribution in [1.29, 1.82) is 0 Å². The number of anilines is 1. The van der Waals surface area contributed by atoms with Gasteiger partial charge < -0.3 is 21.1 Å². The molecule has 0 aliphatic heterocycles. The minimum Gasteiger partial charge on any atom is -0.391 e. The number of rotatable bonds is 6. The minimum absolute atomic E-state index is 0.115. The molecule has 0 heterocycles. The van der Waals surface area contributed by atoms with Crippen LogP contribution in [0.3, 0.4) is 0 Å². The molecule has 4 N–H and O–H groups in total. The molecule has 108 valence electrons. The number of hydrogen-bond donors (Lipinski definition) is 4. The van der Waals surface area contributed by atoms with Gasteiger partial charge in [0.05, 0.1) is 12.6 Å². The first-order valence-corrected chi connectivity index (χ1v) is 6.70. The third-order valence-electron chi connectivity index (χ3n) is 3.12. The Bertz CT molecular complexity index is 460. The van der Waals surface area contributed by atoms with Crippen LogP contribution in [0, 0.1) is 5.92 Å². The largest absolute Gasteiger partial charge is 0.391 e. The van der Waals surface area contributed by atoms with E-state index in [1.54, 1.807) is 12.1 Å². The Labute approximate surface area is 117 Å². The van der Waals surface area contributed by atoms with Gasteiger partial charge in [-0.2, -0.15) is 0 Å². The van der Waals surface area contributed by atoms with Gasteiger partial charge in [0.1, 0.15) is 0 Å². The summed E-state index contributed by atoms with van der Waals surface area (Å²) < 4.78 is 0. The lowest BCUT2D eigenvalue weighted by Crippen LogP contribution is -2.41. The third-order valence-corrected chi connectivity index (χ3v) is 3.12. The van der Waals surface area contributed by atoms with Gasteiger partial charge in [-0.1, -0.05) is 18.2 Å². The van der Waals surface area contributed by atoms with Gasteiger partial charge in [0, 0.05) is 12.2 Å². The lowest BCUT2D eigenvalue weighted by Gasteiger charge is -2.11. The quantitative estimate of drug-likeness (QED) is 0.617. The third kappa shape index (κ3) is 4.89. The average Bonchev–Trinajstić information content (AvgIpc) is 3.28. The molecule has 1 aromatic rings. The summed E-state index contributed by atoms with van der Waals surface area (Å²) in [7, 11) is 0. The van der Waals surface area contributed by atoms with Crippen molar-refractivity contribution in [3.63, 3.8) is 0 Å². The summed E-state index contributed by atoms with van der Waals surface area (Å²) in [5.74, 6) is 0.0116. The van der Waals surface area contributed by atoms with Gasteiger partial charge in [0.25, 0.3) is 0 Å². The first-order chi connectivity index (χ1) is 9.65. The average molecular weight is 277 g/mol. The SMILES string of the molecule is O=C(CNC(=O)Nc1ccccc1)NCC(O)C1CC1. The lowest BCUT2D eigenvalue weighted by molar-refractivity contribution is -0.120. The number of benzene rings is 1. The van der Waals surface area contributed by atoms with Gasteiger partial charge in [-0.3, -0.25) is 4.79 Å². The standard InChI is InChI=1S/C14H19N3O3/c18-12(10-6-7-10)8-15-13(19)9-16-14(20)17-11-4-2-1-3-5-11/h1-5,10,12,18H,6-9H2,(H,15,19)(H2,16,17,20). The van der Waals surface area contributed by atoms with Crippen molar-refractivity contribution < 1.29 is 14.7 Å². The molecule has 6 nitrogen and oxygen atoms in total. The Hall–Kier alpha value is -2.08. The van der Waals surface area contributed by atoms with Crippen molar-refractivity contribution in [2.24, 2.45) is 5.92 Å². The normalized spacial score (nSPS) is 15.2. The van der Waals surface area contributed by atoms with Crippen LogP contribution in [-0.4, -0.2) is 36.2 Å². The highest BCUT2D eigenvalue weighted by Gasteiger charge is 2.29. The molecule has 1 saturated carbocycles. The van der Waals surface area contributed by atoms with E-state index >= 15 is 0 Å². The lowest BCUT2D eigenvalue weighted by atomic mass is 10.2. The molecule has 2 rings (SSSR count). The number of urea groups is 1. The summed E-state index contributed by atoms with van der Waals surface area (Å²) in [6, 6.07) is 8.54. The molecule has 0 aromatic heterocycles. The predicted octanol–water partition coefficient (Wildman–Crippen LogP) is 0.695. The van der Waals surface area contributed by atoms with Crippen molar-refractivity contribution in [2.45, 2.75) is 18.9 Å². The van der Waals surface area contributed by atoms with Crippen LogP contribution in [0.15, 0.2) is 30.3 Å². The van der Waals surface area contributed by atoms with Crippen molar-refractivity contribution in [3.8, 4) is 0 Å².